The van der Waals surface area contributed by atoms with E-state index in [-0.39, 0.29) is 12.7 Å². The summed E-state index contributed by atoms with van der Waals surface area (Å²) >= 11 is 0. The molecule has 0 saturated heterocycles. The first-order chi connectivity index (χ1) is 12.6. The van der Waals surface area contributed by atoms with Gasteiger partial charge in [-0.2, -0.15) is 0 Å². The first kappa shape index (κ1) is 17.9. The first-order valence-corrected chi connectivity index (χ1v) is 8.30. The Bertz CT molecular complexity index is 793. The second-order valence-corrected chi connectivity index (χ2v) is 6.11. The molecule has 7 nitrogen and oxygen atoms in total. The largest absolute Gasteiger partial charge is 0.497 e. The Morgan fingerprint density at radius 2 is 1.92 bits per heavy atom. The molecule has 0 fully saturated rings. The number of anilines is 1. The van der Waals surface area contributed by atoms with E-state index < -0.39 is 0 Å². The van der Waals surface area contributed by atoms with Gasteiger partial charge >= 0.3 is 0 Å². The topological polar surface area (TPSA) is 70.5 Å². The van der Waals surface area contributed by atoms with Gasteiger partial charge in [0.25, 0.3) is 5.91 Å². The smallest absolute Gasteiger partial charge is 0.279 e. The van der Waals surface area contributed by atoms with E-state index in [9.17, 15) is 4.79 Å². The monoisotopic (exact) mass is 359 g/mol. The normalized spacial score (nSPS) is 13.2. The molecule has 1 aliphatic rings. The van der Waals surface area contributed by atoms with Crippen molar-refractivity contribution in [2.24, 2.45) is 0 Å². The summed E-state index contributed by atoms with van der Waals surface area (Å²) < 4.78 is 21.2. The van der Waals surface area contributed by atoms with Crippen molar-refractivity contribution in [1.82, 2.24) is 0 Å². The van der Waals surface area contributed by atoms with Crippen LogP contribution in [-0.2, 0) is 11.3 Å². The van der Waals surface area contributed by atoms with Gasteiger partial charge in [0.1, 0.15) is 18.0 Å². The van der Waals surface area contributed by atoms with Crippen molar-refractivity contribution >= 4 is 11.6 Å². The fraction of sp³-hybridized carbons (Fsp3) is 0.316. The van der Waals surface area contributed by atoms with Gasteiger partial charge in [-0.1, -0.05) is 0 Å². The van der Waals surface area contributed by atoms with Gasteiger partial charge in [-0.3, -0.25) is 4.79 Å². The Balaban J connectivity index is 1.57. The lowest BCUT2D eigenvalue weighted by Crippen LogP contribution is -3.08. The molecule has 2 N–H and O–H groups in total. The fourth-order valence-electron chi connectivity index (χ4n) is 2.83. The number of hydrogen-bond acceptors (Lipinski definition) is 5. The minimum absolute atomic E-state index is 0.0910. The van der Waals surface area contributed by atoms with Gasteiger partial charge in [0, 0.05) is 11.6 Å². The van der Waals surface area contributed by atoms with Crippen LogP contribution in [0.2, 0.25) is 0 Å². The number of amides is 1. The lowest BCUT2D eigenvalue weighted by atomic mass is 10.2. The highest BCUT2D eigenvalue weighted by Gasteiger charge is 2.17. The Morgan fingerprint density at radius 3 is 2.69 bits per heavy atom. The summed E-state index contributed by atoms with van der Waals surface area (Å²) in [5.74, 6) is 2.65. The van der Waals surface area contributed by atoms with E-state index in [0.717, 1.165) is 22.0 Å². The summed E-state index contributed by atoms with van der Waals surface area (Å²) in [7, 11) is 5.11. The van der Waals surface area contributed by atoms with Crippen LogP contribution < -0.4 is 29.2 Å². The van der Waals surface area contributed by atoms with E-state index in [0.29, 0.717) is 30.3 Å². The lowest BCUT2D eigenvalue weighted by Gasteiger charge is -2.15. The summed E-state index contributed by atoms with van der Waals surface area (Å²) in [6.45, 7) is 1.28. The third kappa shape index (κ3) is 4.18. The predicted molar refractivity (Wildman–Crippen MR) is 96.2 cm³/mol. The quantitative estimate of drug-likeness (QED) is 0.774. The van der Waals surface area contributed by atoms with Crippen molar-refractivity contribution in [3.63, 3.8) is 0 Å². The summed E-state index contributed by atoms with van der Waals surface area (Å²) in [5, 5.41) is 2.89. The van der Waals surface area contributed by atoms with E-state index in [1.165, 1.54) is 0 Å². The van der Waals surface area contributed by atoms with Crippen LogP contribution in [0.5, 0.6) is 23.0 Å². The third-order valence-corrected chi connectivity index (χ3v) is 4.09. The molecule has 0 saturated carbocycles. The molecule has 3 rings (SSSR count). The molecule has 1 amide bonds. The molecule has 1 unspecified atom stereocenters. The van der Waals surface area contributed by atoms with Gasteiger partial charge in [-0.25, -0.2) is 0 Å². The first-order valence-electron chi connectivity index (χ1n) is 8.30. The second-order valence-electron chi connectivity index (χ2n) is 6.11. The molecular weight excluding hydrogens is 336 g/mol. The number of benzene rings is 2. The SMILES string of the molecule is COc1ccc(NC(=O)C[NH+](C)Cc2ccc3c(c2)OCO3)c(OC)c1. The van der Waals surface area contributed by atoms with Gasteiger partial charge in [-0.15, -0.1) is 0 Å². The Labute approximate surface area is 152 Å². The summed E-state index contributed by atoms with van der Waals surface area (Å²) in [4.78, 5) is 13.4. The molecular formula is C19H23N2O5+. The lowest BCUT2D eigenvalue weighted by molar-refractivity contribution is -0.885. The maximum atomic E-state index is 12.4. The van der Waals surface area contributed by atoms with E-state index in [4.69, 9.17) is 18.9 Å². The van der Waals surface area contributed by atoms with E-state index in [1.54, 1.807) is 32.4 Å². The number of methoxy groups -OCH3 is 2. The van der Waals surface area contributed by atoms with Crippen LogP contribution in [0.3, 0.4) is 0 Å². The molecule has 0 spiro atoms. The zero-order chi connectivity index (χ0) is 18.5. The molecule has 138 valence electrons. The van der Waals surface area contributed by atoms with Gasteiger partial charge in [-0.05, 0) is 30.3 Å². The van der Waals surface area contributed by atoms with Crippen molar-refractivity contribution in [1.29, 1.82) is 0 Å². The van der Waals surface area contributed by atoms with Crippen LogP contribution in [0.4, 0.5) is 5.69 Å². The number of rotatable bonds is 7. The standard InChI is InChI=1S/C19H22N2O5/c1-21(10-13-4-7-16-18(8-13)26-12-25-16)11-19(22)20-15-6-5-14(23-2)9-17(15)24-3/h4-9H,10-12H2,1-3H3,(H,20,22)/p+1. The second kappa shape index (κ2) is 7.97. The predicted octanol–water partition coefficient (Wildman–Crippen LogP) is 1.09. The van der Waals surface area contributed by atoms with Gasteiger partial charge < -0.3 is 29.2 Å². The number of carbonyl (C=O) groups excluding carboxylic acids is 1. The number of ether oxygens (including phenoxy) is 4. The van der Waals surface area contributed by atoms with Crippen LogP contribution in [0, 0.1) is 0 Å². The van der Waals surface area contributed by atoms with Crippen LogP contribution in [0.15, 0.2) is 36.4 Å². The Kier molecular flexibility index (Phi) is 5.48. The molecule has 1 aliphatic heterocycles. The van der Waals surface area contributed by atoms with Gasteiger partial charge in [0.2, 0.25) is 6.79 Å². The molecule has 26 heavy (non-hydrogen) atoms. The molecule has 1 atom stereocenters. The number of nitrogens with one attached hydrogen (secondary N) is 2. The fourth-order valence-corrected chi connectivity index (χ4v) is 2.83. The highest BCUT2D eigenvalue weighted by atomic mass is 16.7. The van der Waals surface area contributed by atoms with Crippen molar-refractivity contribution in [3.8, 4) is 23.0 Å². The third-order valence-electron chi connectivity index (χ3n) is 4.09. The Morgan fingerprint density at radius 1 is 1.12 bits per heavy atom. The van der Waals surface area contributed by atoms with Crippen LogP contribution in [0.25, 0.3) is 0 Å². The molecule has 2 aromatic rings. The van der Waals surface area contributed by atoms with E-state index in [2.05, 4.69) is 5.32 Å². The molecule has 0 aromatic heterocycles. The number of carbonyl (C=O) groups is 1. The van der Waals surface area contributed by atoms with Crippen molar-refractivity contribution < 1.29 is 28.6 Å². The number of quaternary nitrogens is 1. The Hall–Kier alpha value is -2.93. The minimum atomic E-state index is -0.0910. The van der Waals surface area contributed by atoms with Crippen molar-refractivity contribution in [2.45, 2.75) is 6.54 Å². The van der Waals surface area contributed by atoms with E-state index in [1.807, 2.05) is 25.2 Å². The maximum Gasteiger partial charge on any atom is 0.279 e. The molecule has 2 aromatic carbocycles. The average molecular weight is 359 g/mol. The van der Waals surface area contributed by atoms with Crippen molar-refractivity contribution in [2.75, 3.05) is 39.9 Å². The minimum Gasteiger partial charge on any atom is -0.497 e. The summed E-state index contributed by atoms with van der Waals surface area (Å²) in [5.41, 5.74) is 1.70. The maximum absolute atomic E-state index is 12.4. The van der Waals surface area contributed by atoms with Crippen molar-refractivity contribution in [3.05, 3.63) is 42.0 Å². The molecule has 0 aliphatic carbocycles. The molecule has 1 heterocycles. The zero-order valence-corrected chi connectivity index (χ0v) is 15.1. The zero-order valence-electron chi connectivity index (χ0n) is 15.1. The summed E-state index contributed by atoms with van der Waals surface area (Å²) in [6, 6.07) is 11.1. The van der Waals surface area contributed by atoms with Gasteiger partial charge in [0.05, 0.1) is 27.0 Å². The van der Waals surface area contributed by atoms with Crippen LogP contribution in [-0.4, -0.2) is 40.5 Å². The van der Waals surface area contributed by atoms with E-state index >= 15 is 0 Å². The van der Waals surface area contributed by atoms with Crippen LogP contribution >= 0.6 is 0 Å². The molecule has 0 radical (unpaired) electrons. The number of likely N-dealkylation sites (N-methyl/N-ethyl adjacent to an activating group) is 1. The number of hydrogen-bond donors (Lipinski definition) is 2. The highest BCUT2D eigenvalue weighted by Crippen LogP contribution is 2.32. The average Bonchev–Trinajstić information content (AvgIpc) is 3.09. The molecule has 7 heteroatoms. The summed E-state index contributed by atoms with van der Waals surface area (Å²) in [6.07, 6.45) is 0. The highest BCUT2D eigenvalue weighted by molar-refractivity contribution is 5.93. The van der Waals surface area contributed by atoms with Gasteiger partial charge in [0.15, 0.2) is 18.0 Å². The van der Waals surface area contributed by atoms with Crippen LogP contribution in [0.1, 0.15) is 5.56 Å². The number of fused-ring (bicyclic) bond motifs is 1. The molecule has 0 bridgehead atoms.